The number of aryl methyl sites for hydroxylation is 2. The minimum Gasteiger partial charge on any atom is -0.355 e. The summed E-state index contributed by atoms with van der Waals surface area (Å²) in [4.78, 5) is 34.9. The molecule has 5 rings (SSSR count). The first kappa shape index (κ1) is 25.2. The molecule has 2 amide bonds. The maximum atomic E-state index is 13.8. The summed E-state index contributed by atoms with van der Waals surface area (Å²) < 4.78 is 1.85. The number of benzene rings is 1. The molecule has 0 saturated carbocycles. The number of rotatable bonds is 5. The van der Waals surface area contributed by atoms with Crippen LogP contribution < -0.4 is 15.5 Å². The Morgan fingerprint density at radius 2 is 1.89 bits per heavy atom. The highest BCUT2D eigenvalue weighted by molar-refractivity contribution is 6.03. The summed E-state index contributed by atoms with van der Waals surface area (Å²) in [6.07, 6.45) is 7.20. The molecule has 9 nitrogen and oxygen atoms in total. The number of carbonyl (C=O) groups is 2. The normalized spacial score (nSPS) is 20.3. The molecule has 2 saturated heterocycles. The van der Waals surface area contributed by atoms with Crippen molar-refractivity contribution < 1.29 is 9.59 Å². The first-order chi connectivity index (χ1) is 17.8. The fourth-order valence-corrected chi connectivity index (χ4v) is 5.68. The van der Waals surface area contributed by atoms with Gasteiger partial charge in [-0.15, -0.1) is 0 Å². The second kappa shape index (κ2) is 10.5. The van der Waals surface area contributed by atoms with Crippen LogP contribution in [0.3, 0.4) is 0 Å². The van der Waals surface area contributed by atoms with Gasteiger partial charge in [-0.2, -0.15) is 5.10 Å². The van der Waals surface area contributed by atoms with Gasteiger partial charge in [0, 0.05) is 50.4 Å². The third kappa shape index (κ3) is 5.18. The van der Waals surface area contributed by atoms with E-state index in [4.69, 9.17) is 10.1 Å². The van der Waals surface area contributed by atoms with Crippen molar-refractivity contribution in [1.29, 1.82) is 0 Å². The maximum absolute atomic E-state index is 13.8. The lowest BCUT2D eigenvalue weighted by Crippen LogP contribution is -2.45. The summed E-state index contributed by atoms with van der Waals surface area (Å²) in [5.74, 6) is 0.737. The maximum Gasteiger partial charge on any atom is 0.256 e. The lowest BCUT2D eigenvalue weighted by Gasteiger charge is -2.35. The van der Waals surface area contributed by atoms with E-state index in [0.717, 1.165) is 67.1 Å². The van der Waals surface area contributed by atoms with E-state index >= 15 is 0 Å². The predicted molar refractivity (Wildman–Crippen MR) is 145 cm³/mol. The van der Waals surface area contributed by atoms with Crippen LogP contribution in [0.25, 0.3) is 5.65 Å². The number of hydrogen-bond acceptors (Lipinski definition) is 6. The number of likely N-dealkylation sites (tertiary alicyclic amines) is 1. The van der Waals surface area contributed by atoms with Crippen LogP contribution in [-0.4, -0.2) is 64.0 Å². The monoisotopic (exact) mass is 503 g/mol. The Kier molecular flexibility index (Phi) is 7.15. The molecule has 2 atom stereocenters. The zero-order valence-corrected chi connectivity index (χ0v) is 22.3. The molecule has 0 spiro atoms. The Bertz CT molecular complexity index is 1320. The van der Waals surface area contributed by atoms with Crippen molar-refractivity contribution >= 4 is 29.0 Å². The molecule has 196 valence electrons. The number of nitrogens with zero attached hydrogens (tertiary/aromatic N) is 5. The van der Waals surface area contributed by atoms with Gasteiger partial charge in [-0.3, -0.25) is 9.59 Å². The van der Waals surface area contributed by atoms with Crippen molar-refractivity contribution in [3.05, 3.63) is 52.8 Å². The number of aromatic nitrogens is 3. The number of hydrogen-bond donors (Lipinski definition) is 2. The van der Waals surface area contributed by atoms with Crippen molar-refractivity contribution in [2.24, 2.45) is 0 Å². The first-order valence-corrected chi connectivity index (χ1v) is 13.3. The van der Waals surface area contributed by atoms with E-state index in [1.807, 2.05) is 41.6 Å². The van der Waals surface area contributed by atoms with Gasteiger partial charge in [0.2, 0.25) is 5.91 Å². The molecule has 3 aromatic rings. The topological polar surface area (TPSA) is 94.9 Å². The molecular weight excluding hydrogens is 466 g/mol. The van der Waals surface area contributed by atoms with E-state index in [-0.39, 0.29) is 17.9 Å². The van der Waals surface area contributed by atoms with Crippen molar-refractivity contribution in [3.63, 3.8) is 0 Å². The smallest absolute Gasteiger partial charge is 0.256 e. The summed E-state index contributed by atoms with van der Waals surface area (Å²) in [6, 6.07) is 7.94. The second-order valence-corrected chi connectivity index (χ2v) is 10.4. The standard InChI is InChI=1S/C28H37N7O2/c1-18-10-11-23(30-20(3)36)22(14-18)28(37)34-13-6-5-9-25(34)24-15-26-31-27(19(2)16-35(26)32-24)33-12-7-8-21(17-33)29-4/h10-11,14-16,21,25,29H,5-9,12-13,17H2,1-4H3,(H,30,36)/t21-,25-/m0/s1. The van der Waals surface area contributed by atoms with Gasteiger partial charge in [-0.1, -0.05) is 11.6 Å². The van der Waals surface area contributed by atoms with Crippen molar-refractivity contribution in [2.45, 2.75) is 65.0 Å². The summed E-state index contributed by atoms with van der Waals surface area (Å²) in [6.45, 7) is 8.10. The van der Waals surface area contributed by atoms with Crippen molar-refractivity contribution in [3.8, 4) is 0 Å². The molecule has 2 N–H and O–H groups in total. The molecule has 0 radical (unpaired) electrons. The zero-order chi connectivity index (χ0) is 26.1. The van der Waals surface area contributed by atoms with Gasteiger partial charge >= 0.3 is 0 Å². The fourth-order valence-electron chi connectivity index (χ4n) is 5.68. The third-order valence-electron chi connectivity index (χ3n) is 7.57. The Labute approximate surface area is 218 Å². The molecule has 4 heterocycles. The highest BCUT2D eigenvalue weighted by Gasteiger charge is 2.32. The van der Waals surface area contributed by atoms with Crippen LogP contribution >= 0.6 is 0 Å². The lowest BCUT2D eigenvalue weighted by molar-refractivity contribution is -0.114. The fraction of sp³-hybridized carbons (Fsp3) is 0.500. The Balaban J connectivity index is 1.46. The molecule has 2 aliphatic rings. The number of piperidine rings is 2. The number of likely N-dealkylation sites (N-methyl/N-ethyl adjacent to an activating group) is 1. The minimum absolute atomic E-state index is 0.0783. The van der Waals surface area contributed by atoms with E-state index in [2.05, 4.69) is 28.7 Å². The van der Waals surface area contributed by atoms with Crippen molar-refractivity contribution in [1.82, 2.24) is 24.8 Å². The first-order valence-electron chi connectivity index (χ1n) is 13.3. The molecule has 37 heavy (non-hydrogen) atoms. The van der Waals surface area contributed by atoms with Gasteiger partial charge in [0.05, 0.1) is 23.0 Å². The number of carbonyl (C=O) groups excluding carboxylic acids is 2. The largest absolute Gasteiger partial charge is 0.355 e. The van der Waals surface area contributed by atoms with E-state index in [1.165, 1.54) is 13.3 Å². The van der Waals surface area contributed by atoms with Crippen LogP contribution in [0.5, 0.6) is 0 Å². The van der Waals surface area contributed by atoms with Gasteiger partial charge in [-0.05, 0) is 65.1 Å². The summed E-state index contributed by atoms with van der Waals surface area (Å²) in [7, 11) is 2.02. The van der Waals surface area contributed by atoms with Gasteiger partial charge in [0.1, 0.15) is 5.82 Å². The quantitative estimate of drug-likeness (QED) is 0.549. The van der Waals surface area contributed by atoms with Gasteiger partial charge < -0.3 is 20.4 Å². The highest BCUT2D eigenvalue weighted by atomic mass is 16.2. The van der Waals surface area contributed by atoms with Gasteiger partial charge in [0.25, 0.3) is 5.91 Å². The molecule has 2 fully saturated rings. The average Bonchev–Trinajstić information content (AvgIpc) is 3.31. The summed E-state index contributed by atoms with van der Waals surface area (Å²) in [5.41, 5.74) is 4.80. The molecule has 0 bridgehead atoms. The molecule has 0 aliphatic carbocycles. The van der Waals surface area contributed by atoms with Crippen LogP contribution in [0.4, 0.5) is 11.5 Å². The SMILES string of the molecule is CN[C@H]1CCCN(c2nc3cc([C@@H]4CCCCN4C(=O)c4cc(C)ccc4NC(C)=O)nn3cc2C)C1. The Morgan fingerprint density at radius 3 is 2.68 bits per heavy atom. The average molecular weight is 504 g/mol. The Hall–Kier alpha value is -3.46. The number of nitrogens with one attached hydrogen (secondary N) is 2. The lowest BCUT2D eigenvalue weighted by atomic mass is 9.97. The number of fused-ring (bicyclic) bond motifs is 1. The van der Waals surface area contributed by atoms with Crippen LogP contribution in [-0.2, 0) is 4.79 Å². The molecule has 0 unspecified atom stereocenters. The highest BCUT2D eigenvalue weighted by Crippen LogP contribution is 2.34. The third-order valence-corrected chi connectivity index (χ3v) is 7.57. The molecule has 9 heteroatoms. The van der Waals surface area contributed by atoms with Crippen LogP contribution in [0.2, 0.25) is 0 Å². The number of amides is 2. The molecule has 2 aromatic heterocycles. The van der Waals surface area contributed by atoms with Crippen LogP contribution in [0, 0.1) is 13.8 Å². The summed E-state index contributed by atoms with van der Waals surface area (Å²) >= 11 is 0. The Morgan fingerprint density at radius 1 is 1.05 bits per heavy atom. The predicted octanol–water partition coefficient (Wildman–Crippen LogP) is 3.86. The van der Waals surface area contributed by atoms with Crippen LogP contribution in [0.1, 0.15) is 72.2 Å². The van der Waals surface area contributed by atoms with E-state index in [0.29, 0.717) is 23.8 Å². The van der Waals surface area contributed by atoms with E-state index < -0.39 is 0 Å². The van der Waals surface area contributed by atoms with E-state index in [9.17, 15) is 9.59 Å². The summed E-state index contributed by atoms with van der Waals surface area (Å²) in [5, 5.41) is 11.1. The number of anilines is 2. The van der Waals surface area contributed by atoms with Gasteiger partial charge in [0.15, 0.2) is 5.65 Å². The van der Waals surface area contributed by atoms with Gasteiger partial charge in [-0.25, -0.2) is 9.50 Å². The zero-order valence-electron chi connectivity index (χ0n) is 22.3. The van der Waals surface area contributed by atoms with Crippen LogP contribution in [0.15, 0.2) is 30.5 Å². The molecule has 2 aliphatic heterocycles. The molecule has 1 aromatic carbocycles. The molecular formula is C28H37N7O2. The van der Waals surface area contributed by atoms with E-state index in [1.54, 1.807) is 6.07 Å². The van der Waals surface area contributed by atoms with Crippen molar-refractivity contribution in [2.75, 3.05) is 36.9 Å². The second-order valence-electron chi connectivity index (χ2n) is 10.4. The minimum atomic E-state index is -0.194.